The Kier molecular flexibility index (Phi) is 2.57. The summed E-state index contributed by atoms with van der Waals surface area (Å²) in [6.07, 6.45) is 0.689. The molecule has 0 aromatic heterocycles. The summed E-state index contributed by atoms with van der Waals surface area (Å²) < 4.78 is 0.991. The van der Waals surface area contributed by atoms with Crippen molar-refractivity contribution in [3.05, 3.63) is 0 Å². The molecule has 1 aliphatic heterocycles. The maximum Gasteiger partial charge on any atom is 0.134 e. The van der Waals surface area contributed by atoms with Crippen LogP contribution in [-0.2, 0) is 0 Å². The molecule has 1 amide bonds. The zero-order valence-electron chi connectivity index (χ0n) is 7.67. The zero-order valence-corrected chi connectivity index (χ0v) is 7.67. The van der Waals surface area contributed by atoms with E-state index in [9.17, 15) is 9.90 Å². The summed E-state index contributed by atoms with van der Waals surface area (Å²) in [5.74, 6) is 0. The lowest BCUT2D eigenvalue weighted by Crippen LogP contribution is -2.53. The zero-order chi connectivity index (χ0) is 9.19. The second-order valence-corrected chi connectivity index (χ2v) is 4.09. The molecular formula is C8H16N2O2. The molecule has 0 aromatic rings. The van der Waals surface area contributed by atoms with Gasteiger partial charge in [0, 0.05) is 18.9 Å². The van der Waals surface area contributed by atoms with Crippen LogP contribution in [0.2, 0.25) is 0 Å². The fraction of sp³-hybridized carbons (Fsp3) is 0.875. The summed E-state index contributed by atoms with van der Waals surface area (Å²) in [4.78, 5) is 10.2. The largest absolute Gasteiger partial charge is 0.530 e. The van der Waals surface area contributed by atoms with Crippen LogP contribution >= 0.6 is 0 Å². The number of likely N-dealkylation sites (tertiary alicyclic amines) is 1. The lowest BCUT2D eigenvalue weighted by molar-refractivity contribution is -0.895. The number of nitrogens with zero attached hydrogens (tertiary/aromatic N) is 1. The number of carboxylic acid groups (broad SMARTS) is 1. The van der Waals surface area contributed by atoms with E-state index in [1.807, 2.05) is 0 Å². The number of rotatable bonds is 1. The predicted molar refractivity (Wildman–Crippen MR) is 43.4 cm³/mol. The Bertz CT molecular complexity index is 170. The number of carbonyl (C=O) groups excluding carboxylic acids is 1. The minimum Gasteiger partial charge on any atom is -0.530 e. The van der Waals surface area contributed by atoms with Gasteiger partial charge < -0.3 is 19.7 Å². The van der Waals surface area contributed by atoms with Crippen molar-refractivity contribution in [2.45, 2.75) is 18.9 Å². The standard InChI is InChI=1S/C8H16N2O2/c1-10(2)5-3-7(4-6-10)9-8(11)12/h7,9H,3-6H2,1-2H3. The third-order valence-corrected chi connectivity index (χ3v) is 2.49. The molecule has 0 saturated carbocycles. The van der Waals surface area contributed by atoms with E-state index in [4.69, 9.17) is 0 Å². The Morgan fingerprint density at radius 1 is 1.42 bits per heavy atom. The number of amides is 1. The average molecular weight is 172 g/mol. The Morgan fingerprint density at radius 2 is 1.92 bits per heavy atom. The molecule has 1 rings (SSSR count). The van der Waals surface area contributed by atoms with Crippen LogP contribution in [0.25, 0.3) is 0 Å². The van der Waals surface area contributed by atoms with Crippen LogP contribution in [0.3, 0.4) is 0 Å². The van der Waals surface area contributed by atoms with Gasteiger partial charge in [0.05, 0.1) is 27.2 Å². The molecule has 0 spiro atoms. The summed E-state index contributed by atoms with van der Waals surface area (Å²) in [7, 11) is 4.32. The molecule has 12 heavy (non-hydrogen) atoms. The molecule has 1 N–H and O–H groups in total. The molecular weight excluding hydrogens is 156 g/mol. The highest BCUT2D eigenvalue weighted by Gasteiger charge is 2.25. The molecule has 0 unspecified atom stereocenters. The Balaban J connectivity index is 2.31. The van der Waals surface area contributed by atoms with E-state index in [0.717, 1.165) is 30.4 Å². The first-order valence-corrected chi connectivity index (χ1v) is 4.29. The predicted octanol–water partition coefficient (Wildman–Crippen LogP) is -0.842. The van der Waals surface area contributed by atoms with Crippen LogP contribution in [0.15, 0.2) is 0 Å². The number of piperidine rings is 1. The smallest absolute Gasteiger partial charge is 0.134 e. The van der Waals surface area contributed by atoms with Gasteiger partial charge in [-0.15, -0.1) is 0 Å². The molecule has 0 aromatic carbocycles. The minimum atomic E-state index is -1.15. The van der Waals surface area contributed by atoms with Gasteiger partial charge in [0.2, 0.25) is 0 Å². The summed E-state index contributed by atoms with van der Waals surface area (Å²) in [6.45, 7) is 2.07. The van der Waals surface area contributed by atoms with E-state index in [1.165, 1.54) is 0 Å². The van der Waals surface area contributed by atoms with Gasteiger partial charge in [-0.1, -0.05) is 0 Å². The van der Waals surface area contributed by atoms with Gasteiger partial charge in [-0.25, -0.2) is 0 Å². The van der Waals surface area contributed by atoms with Crippen LogP contribution in [0.1, 0.15) is 12.8 Å². The summed E-state index contributed by atoms with van der Waals surface area (Å²) >= 11 is 0. The van der Waals surface area contributed by atoms with Gasteiger partial charge >= 0.3 is 0 Å². The maximum atomic E-state index is 10.2. The first-order valence-electron chi connectivity index (χ1n) is 4.29. The van der Waals surface area contributed by atoms with E-state index in [1.54, 1.807) is 0 Å². The second kappa shape index (κ2) is 3.31. The van der Waals surface area contributed by atoms with Crippen LogP contribution in [-0.4, -0.2) is 43.8 Å². The second-order valence-electron chi connectivity index (χ2n) is 4.09. The fourth-order valence-corrected chi connectivity index (χ4v) is 1.58. The number of carbonyl (C=O) groups is 1. The third-order valence-electron chi connectivity index (χ3n) is 2.49. The molecule has 4 heteroatoms. The summed E-state index contributed by atoms with van der Waals surface area (Å²) in [6, 6.07) is 0.112. The molecule has 1 aliphatic rings. The van der Waals surface area contributed by atoms with Crippen molar-refractivity contribution < 1.29 is 14.4 Å². The third kappa shape index (κ3) is 2.70. The molecule has 1 fully saturated rings. The van der Waals surface area contributed by atoms with E-state index >= 15 is 0 Å². The lowest BCUT2D eigenvalue weighted by atomic mass is 10.0. The molecule has 1 saturated heterocycles. The average Bonchev–Trinajstić information content (AvgIpc) is 1.93. The Labute approximate surface area is 72.8 Å². The van der Waals surface area contributed by atoms with Crippen molar-refractivity contribution in [3.8, 4) is 0 Å². The van der Waals surface area contributed by atoms with Crippen molar-refractivity contribution >= 4 is 6.09 Å². The van der Waals surface area contributed by atoms with Gasteiger partial charge in [-0.2, -0.15) is 0 Å². The first-order chi connectivity index (χ1) is 5.49. The van der Waals surface area contributed by atoms with Crippen molar-refractivity contribution in [2.24, 2.45) is 0 Å². The normalized spacial score (nSPS) is 23.5. The Morgan fingerprint density at radius 3 is 2.33 bits per heavy atom. The highest BCUT2D eigenvalue weighted by molar-refractivity contribution is 5.62. The number of quaternary nitrogens is 1. The molecule has 0 radical (unpaired) electrons. The molecule has 70 valence electrons. The van der Waals surface area contributed by atoms with Gasteiger partial charge in [0.15, 0.2) is 0 Å². The van der Waals surface area contributed by atoms with Crippen molar-refractivity contribution in [1.29, 1.82) is 0 Å². The van der Waals surface area contributed by atoms with Crippen LogP contribution < -0.4 is 10.4 Å². The van der Waals surface area contributed by atoms with Gasteiger partial charge in [0.25, 0.3) is 0 Å². The quantitative estimate of drug-likeness (QED) is 0.524. The molecule has 0 aliphatic carbocycles. The van der Waals surface area contributed by atoms with Crippen LogP contribution in [0.4, 0.5) is 4.79 Å². The highest BCUT2D eigenvalue weighted by atomic mass is 16.4. The van der Waals surface area contributed by atoms with Crippen LogP contribution in [0, 0.1) is 0 Å². The summed E-state index contributed by atoms with van der Waals surface area (Å²) in [5, 5.41) is 12.6. The van der Waals surface area contributed by atoms with E-state index < -0.39 is 6.09 Å². The maximum absolute atomic E-state index is 10.2. The molecule has 0 bridgehead atoms. The SMILES string of the molecule is C[N+]1(C)CCC(NC(=O)[O-])CC1. The minimum absolute atomic E-state index is 0.112. The van der Waals surface area contributed by atoms with Crippen LogP contribution in [0.5, 0.6) is 0 Å². The number of hydrogen-bond acceptors (Lipinski definition) is 2. The monoisotopic (exact) mass is 172 g/mol. The Hall–Kier alpha value is -0.770. The van der Waals surface area contributed by atoms with E-state index in [2.05, 4.69) is 19.4 Å². The lowest BCUT2D eigenvalue weighted by Gasteiger charge is -2.37. The summed E-state index contributed by atoms with van der Waals surface area (Å²) in [5.41, 5.74) is 0. The van der Waals surface area contributed by atoms with Crippen molar-refractivity contribution in [3.63, 3.8) is 0 Å². The first kappa shape index (κ1) is 9.32. The molecule has 4 nitrogen and oxygen atoms in total. The van der Waals surface area contributed by atoms with Gasteiger partial charge in [0.1, 0.15) is 6.09 Å². The van der Waals surface area contributed by atoms with Gasteiger partial charge in [-0.05, 0) is 0 Å². The van der Waals surface area contributed by atoms with E-state index in [0.29, 0.717) is 0 Å². The molecule has 1 heterocycles. The fourth-order valence-electron chi connectivity index (χ4n) is 1.58. The molecule has 0 atom stereocenters. The highest BCUT2D eigenvalue weighted by Crippen LogP contribution is 2.13. The number of nitrogens with one attached hydrogen (secondary N) is 1. The van der Waals surface area contributed by atoms with Crippen molar-refractivity contribution in [1.82, 2.24) is 5.32 Å². The van der Waals surface area contributed by atoms with E-state index in [-0.39, 0.29) is 6.04 Å². The number of hydrogen-bond donors (Lipinski definition) is 1. The van der Waals surface area contributed by atoms with Gasteiger partial charge in [-0.3, -0.25) is 0 Å². The van der Waals surface area contributed by atoms with Crippen molar-refractivity contribution in [2.75, 3.05) is 27.2 Å². The topological polar surface area (TPSA) is 52.2 Å².